The SMILES string of the molecule is Cc1cc(Cl)ccc1NC(=O)CO/N=C\C(=O)Nc1cccc([N+](=O)[O-])c1. The Morgan fingerprint density at radius 2 is 2.04 bits per heavy atom. The monoisotopic (exact) mass is 390 g/mol. The topological polar surface area (TPSA) is 123 Å². The van der Waals surface area contributed by atoms with E-state index in [2.05, 4.69) is 15.8 Å². The third-order valence-corrected chi connectivity index (χ3v) is 3.46. The molecule has 2 aromatic rings. The maximum absolute atomic E-state index is 11.8. The Bertz CT molecular complexity index is 901. The average Bonchev–Trinajstić information content (AvgIpc) is 2.61. The lowest BCUT2D eigenvalue weighted by molar-refractivity contribution is -0.384. The summed E-state index contributed by atoms with van der Waals surface area (Å²) in [5, 5.41) is 19.6. The van der Waals surface area contributed by atoms with Gasteiger partial charge in [-0.1, -0.05) is 22.8 Å². The van der Waals surface area contributed by atoms with Crippen LogP contribution in [-0.2, 0) is 14.4 Å². The lowest BCUT2D eigenvalue weighted by Gasteiger charge is -2.07. The number of non-ortho nitro benzene ring substituents is 1. The highest BCUT2D eigenvalue weighted by molar-refractivity contribution is 6.31. The summed E-state index contributed by atoms with van der Waals surface area (Å²) in [5.74, 6) is -1.12. The van der Waals surface area contributed by atoms with Crippen LogP contribution >= 0.6 is 11.6 Å². The van der Waals surface area contributed by atoms with Crippen LogP contribution in [0.15, 0.2) is 47.6 Å². The number of benzene rings is 2. The van der Waals surface area contributed by atoms with Crippen LogP contribution in [0.3, 0.4) is 0 Å². The molecule has 10 heteroatoms. The van der Waals surface area contributed by atoms with Gasteiger partial charge < -0.3 is 15.5 Å². The molecule has 0 spiro atoms. The number of rotatable bonds is 7. The number of carbonyl (C=O) groups is 2. The summed E-state index contributed by atoms with van der Waals surface area (Å²) in [7, 11) is 0. The molecule has 0 aliphatic carbocycles. The van der Waals surface area contributed by atoms with Crippen molar-refractivity contribution >= 4 is 46.7 Å². The largest absolute Gasteiger partial charge is 0.385 e. The molecular weight excluding hydrogens is 376 g/mol. The summed E-state index contributed by atoms with van der Waals surface area (Å²) in [6, 6.07) is 10.4. The number of oxime groups is 1. The van der Waals surface area contributed by atoms with Gasteiger partial charge in [0.05, 0.1) is 4.92 Å². The highest BCUT2D eigenvalue weighted by Gasteiger charge is 2.08. The van der Waals surface area contributed by atoms with E-state index in [-0.39, 0.29) is 11.4 Å². The van der Waals surface area contributed by atoms with Gasteiger partial charge in [-0.15, -0.1) is 0 Å². The van der Waals surface area contributed by atoms with Crippen LogP contribution in [0, 0.1) is 17.0 Å². The molecule has 0 aromatic heterocycles. The molecule has 0 saturated carbocycles. The number of nitrogens with one attached hydrogen (secondary N) is 2. The number of anilines is 2. The Kier molecular flexibility index (Phi) is 6.84. The van der Waals surface area contributed by atoms with Gasteiger partial charge in [0, 0.05) is 28.5 Å². The predicted octanol–water partition coefficient (Wildman–Crippen LogP) is 3.14. The van der Waals surface area contributed by atoms with Crippen molar-refractivity contribution in [3.8, 4) is 0 Å². The van der Waals surface area contributed by atoms with Gasteiger partial charge >= 0.3 is 0 Å². The van der Waals surface area contributed by atoms with Crippen LogP contribution in [0.25, 0.3) is 0 Å². The van der Waals surface area contributed by atoms with Gasteiger partial charge in [-0.05, 0) is 36.8 Å². The Balaban J connectivity index is 1.79. The lowest BCUT2D eigenvalue weighted by Crippen LogP contribution is -2.18. The molecular formula is C17H15ClN4O5. The smallest absolute Gasteiger partial charge is 0.271 e. The quantitative estimate of drug-likeness (QED) is 0.427. The van der Waals surface area contributed by atoms with E-state index in [0.717, 1.165) is 11.8 Å². The van der Waals surface area contributed by atoms with E-state index in [4.69, 9.17) is 16.4 Å². The van der Waals surface area contributed by atoms with Crippen molar-refractivity contribution in [2.24, 2.45) is 5.16 Å². The second kappa shape index (κ2) is 9.30. The minimum atomic E-state index is -0.663. The molecule has 2 amide bonds. The summed E-state index contributed by atoms with van der Waals surface area (Å²) in [6.07, 6.45) is 0.819. The molecule has 0 fully saturated rings. The van der Waals surface area contributed by atoms with Gasteiger partial charge in [0.2, 0.25) is 0 Å². The number of hydrogen-bond acceptors (Lipinski definition) is 6. The normalized spacial score (nSPS) is 10.4. The van der Waals surface area contributed by atoms with Crippen LogP contribution in [0.1, 0.15) is 5.56 Å². The van der Waals surface area contributed by atoms with Gasteiger partial charge in [0.15, 0.2) is 6.61 Å². The highest BCUT2D eigenvalue weighted by Crippen LogP contribution is 2.19. The second-order valence-corrected chi connectivity index (χ2v) is 5.75. The molecule has 0 heterocycles. The summed E-state index contributed by atoms with van der Waals surface area (Å²) in [5.41, 5.74) is 1.45. The van der Waals surface area contributed by atoms with Crippen LogP contribution < -0.4 is 10.6 Å². The molecule has 0 bridgehead atoms. The van der Waals surface area contributed by atoms with Crippen LogP contribution in [0.4, 0.5) is 17.1 Å². The van der Waals surface area contributed by atoms with Gasteiger partial charge in [0.1, 0.15) is 6.21 Å². The van der Waals surface area contributed by atoms with Crippen molar-refractivity contribution in [3.63, 3.8) is 0 Å². The second-order valence-electron chi connectivity index (χ2n) is 5.31. The molecule has 2 rings (SSSR count). The van der Waals surface area contributed by atoms with E-state index in [1.54, 1.807) is 25.1 Å². The number of aryl methyl sites for hydroxylation is 1. The zero-order valence-corrected chi connectivity index (χ0v) is 14.9. The zero-order chi connectivity index (χ0) is 19.8. The van der Waals surface area contributed by atoms with Crippen LogP contribution in [0.5, 0.6) is 0 Å². The van der Waals surface area contributed by atoms with Gasteiger partial charge in [0.25, 0.3) is 17.5 Å². The first-order valence-electron chi connectivity index (χ1n) is 7.62. The highest BCUT2D eigenvalue weighted by atomic mass is 35.5. The van der Waals surface area contributed by atoms with Gasteiger partial charge in [-0.2, -0.15) is 0 Å². The molecule has 0 aliphatic heterocycles. The Labute approximate surface area is 159 Å². The third kappa shape index (κ3) is 6.40. The van der Waals surface area contributed by atoms with Crippen LogP contribution in [0.2, 0.25) is 5.02 Å². The molecule has 0 saturated heterocycles. The number of carbonyl (C=O) groups excluding carboxylic acids is 2. The molecule has 140 valence electrons. The third-order valence-electron chi connectivity index (χ3n) is 3.23. The molecule has 9 nitrogen and oxygen atoms in total. The van der Waals surface area contributed by atoms with Crippen molar-refractivity contribution in [3.05, 3.63) is 63.2 Å². The van der Waals surface area contributed by atoms with E-state index in [0.29, 0.717) is 10.7 Å². The number of hydrogen-bond donors (Lipinski definition) is 2. The van der Waals surface area contributed by atoms with Crippen molar-refractivity contribution in [2.45, 2.75) is 6.92 Å². The van der Waals surface area contributed by atoms with E-state index < -0.39 is 23.3 Å². The Hall–Kier alpha value is -3.46. The number of amides is 2. The Morgan fingerprint density at radius 3 is 2.74 bits per heavy atom. The standard InChI is InChI=1S/C17H15ClN4O5/c1-11-7-12(18)5-6-15(11)21-17(24)10-27-19-9-16(23)20-13-3-2-4-14(8-13)22(25)26/h2-9H,10H2,1H3,(H,20,23)(H,21,24)/b19-9-. The molecule has 0 aliphatic rings. The average molecular weight is 391 g/mol. The molecule has 27 heavy (non-hydrogen) atoms. The van der Waals surface area contributed by atoms with E-state index in [1.165, 1.54) is 24.3 Å². The number of nitrogens with zero attached hydrogens (tertiary/aromatic N) is 2. The van der Waals surface area contributed by atoms with Gasteiger partial charge in [-0.3, -0.25) is 19.7 Å². The van der Waals surface area contributed by atoms with Crippen LogP contribution in [-0.4, -0.2) is 29.6 Å². The van der Waals surface area contributed by atoms with Crippen molar-refractivity contribution < 1.29 is 19.3 Å². The first kappa shape index (κ1) is 19.9. The minimum Gasteiger partial charge on any atom is -0.385 e. The fourth-order valence-electron chi connectivity index (χ4n) is 2.01. The zero-order valence-electron chi connectivity index (χ0n) is 14.1. The van der Waals surface area contributed by atoms with E-state index in [1.807, 2.05) is 0 Å². The molecule has 2 N–H and O–H groups in total. The first-order valence-corrected chi connectivity index (χ1v) is 8.00. The minimum absolute atomic E-state index is 0.157. The fourth-order valence-corrected chi connectivity index (χ4v) is 2.23. The Morgan fingerprint density at radius 1 is 1.26 bits per heavy atom. The number of nitro benzene ring substituents is 1. The van der Waals surface area contributed by atoms with E-state index in [9.17, 15) is 19.7 Å². The summed E-state index contributed by atoms with van der Waals surface area (Å²) < 4.78 is 0. The maximum Gasteiger partial charge on any atom is 0.271 e. The molecule has 0 radical (unpaired) electrons. The van der Waals surface area contributed by atoms with Crippen molar-refractivity contribution in [1.82, 2.24) is 0 Å². The number of halogens is 1. The van der Waals surface area contributed by atoms with Crippen molar-refractivity contribution in [1.29, 1.82) is 0 Å². The van der Waals surface area contributed by atoms with E-state index >= 15 is 0 Å². The maximum atomic E-state index is 11.8. The summed E-state index contributed by atoms with van der Waals surface area (Å²) in [4.78, 5) is 38.3. The molecule has 0 unspecified atom stereocenters. The summed E-state index contributed by atoms with van der Waals surface area (Å²) in [6.45, 7) is 1.39. The lowest BCUT2D eigenvalue weighted by atomic mass is 10.2. The molecule has 2 aromatic carbocycles. The fraction of sp³-hybridized carbons (Fsp3) is 0.118. The van der Waals surface area contributed by atoms with Crippen molar-refractivity contribution in [2.75, 3.05) is 17.2 Å². The molecule has 0 atom stereocenters. The van der Waals surface area contributed by atoms with Gasteiger partial charge in [-0.25, -0.2) is 0 Å². The predicted molar refractivity (Wildman–Crippen MR) is 101 cm³/mol. The summed E-state index contributed by atoms with van der Waals surface area (Å²) >= 11 is 5.84. The first-order chi connectivity index (χ1) is 12.8. The number of nitro groups is 1.